The van der Waals surface area contributed by atoms with E-state index in [-0.39, 0.29) is 24.3 Å². The van der Waals surface area contributed by atoms with Crippen molar-refractivity contribution in [3.8, 4) is 0 Å². The molecule has 2 N–H and O–H groups in total. The van der Waals surface area contributed by atoms with Crippen LogP contribution in [0.5, 0.6) is 0 Å². The monoisotopic (exact) mass is 360 g/mol. The van der Waals surface area contributed by atoms with E-state index in [9.17, 15) is 28.6 Å². The molecule has 0 radical (unpaired) electrons. The molecule has 1 aromatic rings. The Labute approximate surface area is 139 Å². The van der Waals surface area contributed by atoms with Crippen LogP contribution >= 0.6 is 0 Å². The van der Waals surface area contributed by atoms with Gasteiger partial charge in [0.05, 0.1) is 15.4 Å². The molecule has 24 heavy (non-hydrogen) atoms. The van der Waals surface area contributed by atoms with Gasteiger partial charge >= 0.3 is 5.69 Å². The molecule has 0 heterocycles. The third kappa shape index (κ3) is 3.62. The van der Waals surface area contributed by atoms with Gasteiger partial charge in [-0.25, -0.2) is 8.42 Å². The lowest BCUT2D eigenvalue weighted by Gasteiger charge is -2.21. The van der Waals surface area contributed by atoms with E-state index in [1.165, 1.54) is 6.92 Å². The Balaban J connectivity index is 3.87. The van der Waals surface area contributed by atoms with Crippen LogP contribution in [0.2, 0.25) is 0 Å². The molecule has 11 heteroatoms. The van der Waals surface area contributed by atoms with Crippen LogP contribution in [0.1, 0.15) is 32.3 Å². The smallest absolute Gasteiger partial charge is 0.301 e. The lowest BCUT2D eigenvalue weighted by atomic mass is 10.1. The number of nitro benzene ring substituents is 2. The maximum absolute atomic E-state index is 12.9. The van der Waals surface area contributed by atoms with E-state index in [0.29, 0.717) is 12.8 Å². The minimum atomic E-state index is -4.42. The van der Waals surface area contributed by atoms with E-state index in [1.807, 2.05) is 0 Å². The molecule has 0 saturated carbocycles. The zero-order valence-electron chi connectivity index (χ0n) is 13.7. The zero-order valence-corrected chi connectivity index (χ0v) is 14.5. The second-order valence-corrected chi connectivity index (χ2v) is 7.08. The van der Waals surface area contributed by atoms with Crippen molar-refractivity contribution in [2.24, 2.45) is 0 Å². The molecule has 0 aliphatic rings. The van der Waals surface area contributed by atoms with E-state index < -0.39 is 36.1 Å². The number of benzene rings is 1. The van der Waals surface area contributed by atoms with Crippen LogP contribution in [-0.2, 0) is 10.0 Å². The fourth-order valence-electron chi connectivity index (χ4n) is 2.34. The van der Waals surface area contributed by atoms with Crippen LogP contribution in [0.25, 0.3) is 0 Å². The van der Waals surface area contributed by atoms with Crippen molar-refractivity contribution in [2.45, 2.75) is 38.5 Å². The van der Waals surface area contributed by atoms with Gasteiger partial charge in [-0.3, -0.25) is 20.2 Å². The first kappa shape index (κ1) is 19.8. The fourth-order valence-corrected chi connectivity index (χ4v) is 4.31. The molecule has 0 aromatic heterocycles. The van der Waals surface area contributed by atoms with E-state index >= 15 is 0 Å². The van der Waals surface area contributed by atoms with Crippen LogP contribution in [0.3, 0.4) is 0 Å². The average molecular weight is 360 g/mol. The minimum absolute atomic E-state index is 0.105. The number of nitrogens with two attached hydrogens (primary N) is 1. The summed E-state index contributed by atoms with van der Waals surface area (Å²) in [5.74, 6) is 0. The fraction of sp³-hybridized carbons (Fsp3) is 0.538. The molecule has 0 fully saturated rings. The number of nitrogen functional groups attached to an aromatic ring is 1. The molecular formula is C13H20N4O6S. The molecule has 0 bridgehead atoms. The van der Waals surface area contributed by atoms with Crippen molar-refractivity contribution in [2.75, 3.05) is 18.8 Å². The molecule has 1 aromatic carbocycles. The number of anilines is 1. The average Bonchev–Trinajstić information content (AvgIpc) is 2.48. The van der Waals surface area contributed by atoms with Crippen molar-refractivity contribution in [1.82, 2.24) is 4.31 Å². The minimum Gasteiger partial charge on any atom is -0.398 e. The molecule has 1 rings (SSSR count). The van der Waals surface area contributed by atoms with Gasteiger partial charge in [-0.05, 0) is 19.8 Å². The van der Waals surface area contributed by atoms with Crippen molar-refractivity contribution >= 4 is 27.1 Å². The van der Waals surface area contributed by atoms with Gasteiger partial charge in [0.15, 0.2) is 0 Å². The molecular weight excluding hydrogens is 340 g/mol. The lowest BCUT2D eigenvalue weighted by molar-refractivity contribution is -0.400. The Bertz CT molecular complexity index is 756. The molecule has 10 nitrogen and oxygen atoms in total. The predicted octanol–water partition coefficient (Wildman–Crippen LogP) is 2.20. The topological polar surface area (TPSA) is 150 Å². The van der Waals surface area contributed by atoms with Crippen LogP contribution < -0.4 is 5.73 Å². The second kappa shape index (κ2) is 7.53. The molecule has 0 unspecified atom stereocenters. The van der Waals surface area contributed by atoms with Crippen LogP contribution in [0, 0.1) is 27.2 Å². The maximum atomic E-state index is 12.9. The molecule has 0 spiro atoms. The highest BCUT2D eigenvalue weighted by atomic mass is 32.2. The summed E-state index contributed by atoms with van der Waals surface area (Å²) in [6.45, 7) is 4.96. The molecule has 0 saturated heterocycles. The first-order valence-corrected chi connectivity index (χ1v) is 8.75. The number of hydrogen-bond acceptors (Lipinski definition) is 7. The van der Waals surface area contributed by atoms with Crippen molar-refractivity contribution < 1.29 is 18.3 Å². The van der Waals surface area contributed by atoms with Gasteiger partial charge in [0.1, 0.15) is 0 Å². The predicted molar refractivity (Wildman–Crippen MR) is 88.2 cm³/mol. The summed E-state index contributed by atoms with van der Waals surface area (Å²) in [7, 11) is -4.42. The summed E-state index contributed by atoms with van der Waals surface area (Å²) in [6.07, 6.45) is 0.934. The van der Waals surface area contributed by atoms with E-state index in [4.69, 9.17) is 5.73 Å². The quantitative estimate of drug-likeness (QED) is 0.424. The Morgan fingerprint density at radius 1 is 1.12 bits per heavy atom. The van der Waals surface area contributed by atoms with Gasteiger partial charge in [0.25, 0.3) is 15.7 Å². The van der Waals surface area contributed by atoms with Gasteiger partial charge < -0.3 is 5.73 Å². The highest BCUT2D eigenvalue weighted by Gasteiger charge is 2.41. The Kier molecular flexibility index (Phi) is 6.21. The second-order valence-electron chi connectivity index (χ2n) is 5.21. The SMILES string of the molecule is CCCN(CCC)S(=O)(=O)c1c([N+](=O)[O-])cc(N)c(C)c1[N+](=O)[O-]. The van der Waals surface area contributed by atoms with Gasteiger partial charge in [0, 0.05) is 24.8 Å². The van der Waals surface area contributed by atoms with Crippen LogP contribution in [-0.4, -0.2) is 35.7 Å². The van der Waals surface area contributed by atoms with Crippen molar-refractivity contribution in [3.05, 3.63) is 31.9 Å². The largest absolute Gasteiger partial charge is 0.398 e. The lowest BCUT2D eigenvalue weighted by Crippen LogP contribution is -2.33. The molecule has 0 aliphatic carbocycles. The molecule has 0 amide bonds. The normalized spacial score (nSPS) is 11.7. The number of rotatable bonds is 8. The standard InChI is InChI=1S/C13H20N4O6S/c1-4-6-15(7-5-2)24(22,23)13-11(16(18)19)8-10(14)9(3)12(13)17(20)21/h8H,4-7,14H2,1-3H3. The van der Waals surface area contributed by atoms with E-state index in [2.05, 4.69) is 0 Å². The van der Waals surface area contributed by atoms with Gasteiger partial charge in [-0.2, -0.15) is 4.31 Å². The summed E-state index contributed by atoms with van der Waals surface area (Å²) in [5, 5.41) is 22.7. The number of sulfonamides is 1. The summed E-state index contributed by atoms with van der Waals surface area (Å²) >= 11 is 0. The van der Waals surface area contributed by atoms with Gasteiger partial charge in [-0.1, -0.05) is 13.8 Å². The highest BCUT2D eigenvalue weighted by Crippen LogP contribution is 2.40. The van der Waals surface area contributed by atoms with Gasteiger partial charge in [-0.15, -0.1) is 0 Å². The third-order valence-corrected chi connectivity index (χ3v) is 5.41. The summed E-state index contributed by atoms with van der Waals surface area (Å²) in [4.78, 5) is 19.9. The highest BCUT2D eigenvalue weighted by molar-refractivity contribution is 7.89. The molecule has 0 atom stereocenters. The first-order chi connectivity index (χ1) is 11.1. The summed E-state index contributed by atoms with van der Waals surface area (Å²) < 4.78 is 26.8. The summed E-state index contributed by atoms with van der Waals surface area (Å²) in [5.41, 5.74) is 3.53. The number of nitrogens with zero attached hydrogens (tertiary/aromatic N) is 3. The Morgan fingerprint density at radius 3 is 2.00 bits per heavy atom. The Hall–Kier alpha value is -2.27. The number of nitro groups is 2. The van der Waals surface area contributed by atoms with Crippen molar-refractivity contribution in [3.63, 3.8) is 0 Å². The van der Waals surface area contributed by atoms with Gasteiger partial charge in [0.2, 0.25) is 4.90 Å². The molecule has 0 aliphatic heterocycles. The Morgan fingerprint density at radius 2 is 1.62 bits per heavy atom. The first-order valence-electron chi connectivity index (χ1n) is 7.31. The van der Waals surface area contributed by atoms with E-state index in [0.717, 1.165) is 10.4 Å². The van der Waals surface area contributed by atoms with Crippen LogP contribution in [0.15, 0.2) is 11.0 Å². The van der Waals surface area contributed by atoms with Crippen LogP contribution in [0.4, 0.5) is 17.1 Å². The third-order valence-electron chi connectivity index (χ3n) is 3.45. The zero-order chi connectivity index (χ0) is 18.7. The maximum Gasteiger partial charge on any atom is 0.301 e. The van der Waals surface area contributed by atoms with Crippen molar-refractivity contribution in [1.29, 1.82) is 0 Å². The number of hydrogen-bond donors (Lipinski definition) is 1. The summed E-state index contributed by atoms with van der Waals surface area (Å²) in [6, 6.07) is 0.852. The van der Waals surface area contributed by atoms with E-state index in [1.54, 1.807) is 13.8 Å². The molecule has 134 valence electrons.